The van der Waals surface area contributed by atoms with E-state index in [1.807, 2.05) is 0 Å². The van der Waals surface area contributed by atoms with Crippen molar-refractivity contribution in [1.29, 1.82) is 5.26 Å². The number of hydrogen-bond acceptors (Lipinski definition) is 4. The minimum Gasteiger partial charge on any atom is -0.337 e. The Bertz CT molecular complexity index is 793. The van der Waals surface area contributed by atoms with Crippen molar-refractivity contribution in [3.05, 3.63) is 24.3 Å². The number of alkyl halides is 2. The summed E-state index contributed by atoms with van der Waals surface area (Å²) in [5.74, 6) is -0.393. The summed E-state index contributed by atoms with van der Waals surface area (Å²) in [5.41, 5.74) is -0.00905. The van der Waals surface area contributed by atoms with Crippen LogP contribution in [0.5, 0.6) is 0 Å². The summed E-state index contributed by atoms with van der Waals surface area (Å²) in [4.78, 5) is 16.3. The van der Waals surface area contributed by atoms with Crippen LogP contribution in [0.25, 0.3) is 11.0 Å². The second-order valence-electron chi connectivity index (χ2n) is 5.77. The van der Waals surface area contributed by atoms with E-state index in [2.05, 4.69) is 16.4 Å². The molecule has 1 aromatic carbocycles. The number of amides is 1. The number of nitrogens with zero attached hydrogens (tertiary/aromatic N) is 3. The van der Waals surface area contributed by atoms with Crippen LogP contribution >= 0.6 is 11.8 Å². The number of benzene rings is 1. The number of carbonyl (C=O) groups excluding carboxylic acids is 1. The van der Waals surface area contributed by atoms with Gasteiger partial charge in [-0.15, -0.1) is 0 Å². The molecule has 1 saturated carbocycles. The maximum Gasteiger partial charge on any atom is 0.321 e. The lowest BCUT2D eigenvalue weighted by molar-refractivity contribution is -0.119. The van der Waals surface area contributed by atoms with Gasteiger partial charge in [0.05, 0.1) is 22.9 Å². The van der Waals surface area contributed by atoms with Crippen LogP contribution in [0.3, 0.4) is 0 Å². The summed E-state index contributed by atoms with van der Waals surface area (Å²) in [6.07, 6.45) is 3.08. The molecule has 1 aliphatic rings. The Kier molecular flexibility index (Phi) is 4.71. The van der Waals surface area contributed by atoms with E-state index >= 15 is 0 Å². The summed E-state index contributed by atoms with van der Waals surface area (Å²) in [6, 6.07) is 8.79. The molecule has 0 radical (unpaired) electrons. The topological polar surface area (TPSA) is 70.7 Å². The van der Waals surface area contributed by atoms with Crippen molar-refractivity contribution in [2.45, 2.75) is 42.9 Å². The van der Waals surface area contributed by atoms with E-state index in [0.29, 0.717) is 23.9 Å². The van der Waals surface area contributed by atoms with Gasteiger partial charge in [0.25, 0.3) is 0 Å². The molecule has 0 unspecified atom stereocenters. The first kappa shape index (κ1) is 16.7. The number of para-hydroxylation sites is 2. The van der Waals surface area contributed by atoms with Gasteiger partial charge in [-0.25, -0.2) is 4.98 Å². The highest BCUT2D eigenvalue weighted by atomic mass is 32.2. The summed E-state index contributed by atoms with van der Waals surface area (Å²) < 4.78 is 27.5. The lowest BCUT2D eigenvalue weighted by Crippen LogP contribution is -2.45. The zero-order chi connectivity index (χ0) is 17.2. The zero-order valence-electron chi connectivity index (χ0n) is 12.8. The predicted molar refractivity (Wildman–Crippen MR) is 86.7 cm³/mol. The highest BCUT2D eigenvalue weighted by Crippen LogP contribution is 2.31. The van der Waals surface area contributed by atoms with Gasteiger partial charge < -0.3 is 5.32 Å². The molecule has 3 rings (SSSR count). The molecule has 126 valence electrons. The second-order valence-corrected chi connectivity index (χ2v) is 6.71. The second kappa shape index (κ2) is 6.77. The Labute approximate surface area is 142 Å². The average molecular weight is 350 g/mol. The van der Waals surface area contributed by atoms with Crippen LogP contribution in [0.1, 0.15) is 32.2 Å². The van der Waals surface area contributed by atoms with Gasteiger partial charge in [0, 0.05) is 0 Å². The lowest BCUT2D eigenvalue weighted by atomic mass is 10.0. The molecule has 24 heavy (non-hydrogen) atoms. The molecule has 1 N–H and O–H groups in total. The first-order valence-electron chi connectivity index (χ1n) is 7.65. The molecule has 0 bridgehead atoms. The van der Waals surface area contributed by atoms with Crippen LogP contribution in [-0.4, -0.2) is 26.8 Å². The number of thioether (sulfide) groups is 1. The molecule has 0 spiro atoms. The van der Waals surface area contributed by atoms with Crippen LogP contribution in [-0.2, 0) is 4.79 Å². The van der Waals surface area contributed by atoms with Crippen molar-refractivity contribution in [2.24, 2.45) is 0 Å². The van der Waals surface area contributed by atoms with Gasteiger partial charge in [0.2, 0.25) is 5.91 Å². The zero-order valence-corrected chi connectivity index (χ0v) is 13.7. The highest BCUT2D eigenvalue weighted by molar-refractivity contribution is 7.99. The first-order valence-corrected chi connectivity index (χ1v) is 8.63. The van der Waals surface area contributed by atoms with E-state index in [1.54, 1.807) is 24.3 Å². The number of halogens is 2. The molecule has 1 heterocycles. The van der Waals surface area contributed by atoms with Crippen LogP contribution in [0.2, 0.25) is 0 Å². The van der Waals surface area contributed by atoms with Gasteiger partial charge in [0.1, 0.15) is 5.54 Å². The molecule has 1 amide bonds. The van der Waals surface area contributed by atoms with Crippen molar-refractivity contribution in [3.8, 4) is 6.07 Å². The summed E-state index contributed by atoms with van der Waals surface area (Å²) in [7, 11) is 0. The fourth-order valence-electron chi connectivity index (χ4n) is 2.99. The van der Waals surface area contributed by atoms with E-state index in [4.69, 9.17) is 0 Å². The summed E-state index contributed by atoms with van der Waals surface area (Å²) in [5, 5.41) is 12.1. The Morgan fingerprint density at radius 3 is 2.79 bits per heavy atom. The van der Waals surface area contributed by atoms with Crippen molar-refractivity contribution >= 4 is 28.7 Å². The van der Waals surface area contributed by atoms with Gasteiger partial charge in [-0.1, -0.05) is 23.9 Å². The van der Waals surface area contributed by atoms with Crippen LogP contribution in [0.15, 0.2) is 29.4 Å². The number of nitriles is 1. The smallest absolute Gasteiger partial charge is 0.321 e. The summed E-state index contributed by atoms with van der Waals surface area (Å²) in [6.45, 7) is -2.73. The maximum atomic E-state index is 13.3. The van der Waals surface area contributed by atoms with E-state index in [-0.39, 0.29) is 16.8 Å². The number of carbonyl (C=O) groups is 1. The fourth-order valence-corrected chi connectivity index (χ4v) is 3.80. The van der Waals surface area contributed by atoms with Crippen LogP contribution in [0.4, 0.5) is 8.78 Å². The Morgan fingerprint density at radius 1 is 1.42 bits per heavy atom. The molecule has 1 aromatic heterocycles. The normalized spacial score (nSPS) is 16.4. The highest BCUT2D eigenvalue weighted by Gasteiger charge is 2.35. The van der Waals surface area contributed by atoms with E-state index in [9.17, 15) is 18.8 Å². The lowest BCUT2D eigenvalue weighted by Gasteiger charge is -2.21. The third-order valence-corrected chi connectivity index (χ3v) is 5.09. The number of nitrogens with one attached hydrogen (secondary N) is 1. The SMILES string of the molecule is N#CC1(NC(=O)CSc2nc3ccccc3n2C(F)F)CCCC1. The molecule has 0 saturated heterocycles. The van der Waals surface area contributed by atoms with E-state index < -0.39 is 12.1 Å². The number of fused-ring (bicyclic) bond motifs is 1. The monoisotopic (exact) mass is 350 g/mol. The van der Waals surface area contributed by atoms with Crippen molar-refractivity contribution in [3.63, 3.8) is 0 Å². The standard InChI is InChI=1S/C16H16F2N4OS/c17-14(18)22-12-6-2-1-5-11(12)20-15(22)24-9-13(23)21-16(10-19)7-3-4-8-16/h1-2,5-6,14H,3-4,7-9H2,(H,21,23). The van der Waals surface area contributed by atoms with Crippen molar-refractivity contribution in [2.75, 3.05) is 5.75 Å². The van der Waals surface area contributed by atoms with Crippen molar-refractivity contribution < 1.29 is 13.6 Å². The average Bonchev–Trinajstić information content (AvgIpc) is 3.17. The van der Waals surface area contributed by atoms with Crippen LogP contribution < -0.4 is 5.32 Å². The minimum absolute atomic E-state index is 0.0561. The van der Waals surface area contributed by atoms with E-state index in [1.165, 1.54) is 0 Å². The molecule has 8 heteroatoms. The Morgan fingerprint density at radius 2 is 2.12 bits per heavy atom. The Hall–Kier alpha value is -2.14. The third kappa shape index (κ3) is 3.22. The number of hydrogen-bond donors (Lipinski definition) is 1. The molecule has 5 nitrogen and oxygen atoms in total. The van der Waals surface area contributed by atoms with E-state index in [0.717, 1.165) is 29.2 Å². The molecule has 2 aromatic rings. The number of imidazole rings is 1. The molecule has 0 atom stereocenters. The largest absolute Gasteiger partial charge is 0.337 e. The molecule has 0 aliphatic heterocycles. The van der Waals surface area contributed by atoms with Crippen molar-refractivity contribution in [1.82, 2.24) is 14.9 Å². The minimum atomic E-state index is -2.73. The van der Waals surface area contributed by atoms with Gasteiger partial charge in [-0.05, 0) is 37.8 Å². The first-order chi connectivity index (χ1) is 11.5. The summed E-state index contributed by atoms with van der Waals surface area (Å²) >= 11 is 0.952. The van der Waals surface area contributed by atoms with Crippen LogP contribution in [0, 0.1) is 11.3 Å². The van der Waals surface area contributed by atoms with Gasteiger partial charge in [0.15, 0.2) is 5.16 Å². The van der Waals surface area contributed by atoms with Gasteiger partial charge >= 0.3 is 6.55 Å². The maximum absolute atomic E-state index is 13.3. The van der Waals surface area contributed by atoms with Gasteiger partial charge in [-0.3, -0.25) is 9.36 Å². The molecule has 1 aliphatic carbocycles. The third-order valence-electron chi connectivity index (χ3n) is 4.14. The number of aromatic nitrogens is 2. The fraction of sp³-hybridized carbons (Fsp3) is 0.438. The predicted octanol–water partition coefficient (Wildman–Crippen LogP) is 3.48. The molecular formula is C16H16F2N4OS. The molecule has 1 fully saturated rings. The quantitative estimate of drug-likeness (QED) is 0.838. The Balaban J connectivity index is 1.73. The number of rotatable bonds is 5. The van der Waals surface area contributed by atoms with Gasteiger partial charge in [-0.2, -0.15) is 14.0 Å². The molecular weight excluding hydrogens is 334 g/mol.